The first-order valence-corrected chi connectivity index (χ1v) is 13.0. The Morgan fingerprint density at radius 2 is 1.00 bits per heavy atom. The number of hydrogen-bond acceptors (Lipinski definition) is 4. The summed E-state index contributed by atoms with van der Waals surface area (Å²) in [5.41, 5.74) is 0. The van der Waals surface area contributed by atoms with Crippen molar-refractivity contribution in [2.24, 2.45) is 0 Å². The van der Waals surface area contributed by atoms with Crippen molar-refractivity contribution in [2.75, 3.05) is 0 Å². The van der Waals surface area contributed by atoms with Crippen molar-refractivity contribution in [3.05, 3.63) is 0 Å². The second-order valence-electron chi connectivity index (χ2n) is 8.10. The van der Waals surface area contributed by atoms with Crippen molar-refractivity contribution in [2.45, 2.75) is 141 Å². The summed E-state index contributed by atoms with van der Waals surface area (Å²) in [7, 11) is -4.39. The molecule has 0 aromatic heterocycles. The van der Waals surface area contributed by atoms with Crippen molar-refractivity contribution in [3.63, 3.8) is 0 Å². The zero-order chi connectivity index (χ0) is 20.4. The molecule has 0 radical (unpaired) electrons. The van der Waals surface area contributed by atoms with Crippen molar-refractivity contribution in [3.8, 4) is 0 Å². The van der Waals surface area contributed by atoms with Crippen LogP contribution in [0.4, 0.5) is 0 Å². The van der Waals surface area contributed by atoms with E-state index in [0.29, 0.717) is 6.42 Å². The summed E-state index contributed by atoms with van der Waals surface area (Å²) in [4.78, 5) is 0. The maximum Gasteiger partial charge on any atom is 1.00 e. The van der Waals surface area contributed by atoms with E-state index in [4.69, 9.17) is 0 Å². The monoisotopic (exact) mass is 444 g/mol. The summed E-state index contributed by atoms with van der Waals surface area (Å²) in [6.07, 6.45) is 20.2. The molecule has 0 bridgehead atoms. The number of rotatable bonds is 20. The van der Waals surface area contributed by atoms with E-state index in [1.165, 1.54) is 83.5 Å². The van der Waals surface area contributed by atoms with Gasteiger partial charge in [0.1, 0.15) is 10.1 Å². The van der Waals surface area contributed by atoms with Gasteiger partial charge in [-0.05, 0) is 12.8 Å². The molecule has 0 aromatic rings. The molecule has 6 heteroatoms. The van der Waals surface area contributed by atoms with Gasteiger partial charge in [-0.2, -0.15) is 0 Å². The van der Waals surface area contributed by atoms with Crippen LogP contribution in [0.1, 0.15) is 129 Å². The van der Waals surface area contributed by atoms with Crippen LogP contribution in [0.15, 0.2) is 0 Å². The van der Waals surface area contributed by atoms with Crippen LogP contribution in [-0.2, 0) is 10.1 Å². The zero-order valence-electron chi connectivity index (χ0n) is 19.0. The summed E-state index contributed by atoms with van der Waals surface area (Å²) in [6, 6.07) is 0. The first kappa shape index (κ1) is 31.7. The van der Waals surface area contributed by atoms with Crippen LogP contribution in [0.2, 0.25) is 0 Å². The minimum absolute atomic E-state index is 0. The molecule has 0 aliphatic heterocycles. The summed E-state index contributed by atoms with van der Waals surface area (Å²) in [6.45, 7) is 3.90. The second kappa shape index (κ2) is 21.7. The van der Waals surface area contributed by atoms with Crippen LogP contribution in [-0.4, -0.2) is 29.4 Å². The SMILES string of the molecule is CCCCCCCCCCCCCCCCCCC(O)C(CC)S(=O)(=O)[O-].[K+]. The Balaban J connectivity index is 0. The van der Waals surface area contributed by atoms with Gasteiger partial charge in [-0.3, -0.25) is 0 Å². The predicted molar refractivity (Wildman–Crippen MR) is 114 cm³/mol. The molecule has 1 N–H and O–H groups in total. The van der Waals surface area contributed by atoms with E-state index < -0.39 is 21.5 Å². The molecule has 0 rings (SSSR count). The maximum atomic E-state index is 11.1. The third-order valence-corrected chi connectivity index (χ3v) is 6.94. The van der Waals surface area contributed by atoms with Gasteiger partial charge in [-0.15, -0.1) is 0 Å². The number of aliphatic hydroxyl groups is 1. The Kier molecular flexibility index (Phi) is 24.6. The van der Waals surface area contributed by atoms with Crippen LogP contribution in [0.5, 0.6) is 0 Å². The fourth-order valence-corrected chi connectivity index (χ4v) is 4.69. The Morgan fingerprint density at radius 1 is 0.679 bits per heavy atom. The summed E-state index contributed by atoms with van der Waals surface area (Å²) in [5, 5.41) is 8.74. The molecule has 0 aliphatic carbocycles. The van der Waals surface area contributed by atoms with E-state index in [2.05, 4.69) is 6.92 Å². The van der Waals surface area contributed by atoms with E-state index in [9.17, 15) is 18.1 Å². The molecule has 0 spiro atoms. The third kappa shape index (κ3) is 19.5. The fourth-order valence-electron chi connectivity index (χ4n) is 3.76. The van der Waals surface area contributed by atoms with E-state index in [1.807, 2.05) is 0 Å². The van der Waals surface area contributed by atoms with E-state index in [-0.39, 0.29) is 57.8 Å². The molecule has 164 valence electrons. The minimum atomic E-state index is -4.39. The van der Waals surface area contributed by atoms with Gasteiger partial charge in [-0.25, -0.2) is 8.42 Å². The number of aliphatic hydroxyl groups excluding tert-OH is 1. The summed E-state index contributed by atoms with van der Waals surface area (Å²) >= 11 is 0. The van der Waals surface area contributed by atoms with Crippen molar-refractivity contribution in [1.29, 1.82) is 0 Å². The standard InChI is InChI=1S/C22H46O4S.K/c1-3-5-6-7-8-9-10-11-12-13-14-15-16-17-18-19-20-21(23)22(4-2)27(24,25)26;/h21-23H,3-20H2,1-2H3,(H,24,25,26);/q;+1/p-1. The van der Waals surface area contributed by atoms with Crippen LogP contribution in [0, 0.1) is 0 Å². The van der Waals surface area contributed by atoms with Gasteiger partial charge >= 0.3 is 51.4 Å². The maximum absolute atomic E-state index is 11.1. The van der Waals surface area contributed by atoms with Crippen LogP contribution < -0.4 is 51.4 Å². The Labute approximate surface area is 218 Å². The third-order valence-electron chi connectivity index (χ3n) is 5.56. The molecule has 28 heavy (non-hydrogen) atoms. The van der Waals surface area contributed by atoms with Gasteiger partial charge in [0.15, 0.2) is 0 Å². The van der Waals surface area contributed by atoms with Gasteiger partial charge in [0, 0.05) is 0 Å². The van der Waals surface area contributed by atoms with Crippen LogP contribution in [0.3, 0.4) is 0 Å². The minimum Gasteiger partial charge on any atom is -0.748 e. The Bertz CT molecular complexity index is 415. The Hall–Kier alpha value is 1.51. The summed E-state index contributed by atoms with van der Waals surface area (Å²) in [5.74, 6) is 0. The van der Waals surface area contributed by atoms with Gasteiger partial charge < -0.3 is 9.66 Å². The van der Waals surface area contributed by atoms with Crippen molar-refractivity contribution in [1.82, 2.24) is 0 Å². The molecule has 0 amide bonds. The molecule has 4 nitrogen and oxygen atoms in total. The van der Waals surface area contributed by atoms with Crippen molar-refractivity contribution >= 4 is 10.1 Å². The molecule has 0 saturated carbocycles. The second-order valence-corrected chi connectivity index (χ2v) is 9.69. The molecular weight excluding hydrogens is 399 g/mol. The topological polar surface area (TPSA) is 77.4 Å². The van der Waals surface area contributed by atoms with Crippen LogP contribution >= 0.6 is 0 Å². The molecular formula is C22H45KO4S. The molecule has 0 saturated heterocycles. The van der Waals surface area contributed by atoms with Gasteiger partial charge in [0.2, 0.25) is 0 Å². The summed E-state index contributed by atoms with van der Waals surface area (Å²) < 4.78 is 33.2. The van der Waals surface area contributed by atoms with E-state index in [0.717, 1.165) is 19.3 Å². The molecule has 2 atom stereocenters. The largest absolute Gasteiger partial charge is 1.00 e. The zero-order valence-corrected chi connectivity index (χ0v) is 22.9. The average Bonchev–Trinajstić information content (AvgIpc) is 2.60. The first-order chi connectivity index (χ1) is 12.9. The molecule has 0 aromatic carbocycles. The van der Waals surface area contributed by atoms with Gasteiger partial charge in [0.25, 0.3) is 0 Å². The molecule has 0 heterocycles. The molecule has 2 unspecified atom stereocenters. The number of hydrogen-bond donors (Lipinski definition) is 1. The molecule has 0 aliphatic rings. The number of unbranched alkanes of at least 4 members (excludes halogenated alkanes) is 15. The van der Waals surface area contributed by atoms with Gasteiger partial charge in [0.05, 0.1) is 11.4 Å². The molecule has 0 fully saturated rings. The Morgan fingerprint density at radius 3 is 1.29 bits per heavy atom. The predicted octanol–water partition coefficient (Wildman–Crippen LogP) is 3.33. The van der Waals surface area contributed by atoms with Gasteiger partial charge in [-0.1, -0.05) is 117 Å². The fraction of sp³-hybridized carbons (Fsp3) is 1.00. The van der Waals surface area contributed by atoms with Crippen LogP contribution in [0.25, 0.3) is 0 Å². The van der Waals surface area contributed by atoms with Crippen molar-refractivity contribution < 1.29 is 69.5 Å². The van der Waals surface area contributed by atoms with E-state index >= 15 is 0 Å². The van der Waals surface area contributed by atoms with E-state index in [1.54, 1.807) is 6.92 Å². The normalized spacial score (nSPS) is 13.9. The first-order valence-electron chi connectivity index (χ1n) is 11.6. The average molecular weight is 445 g/mol. The smallest absolute Gasteiger partial charge is 0.748 e. The quantitative estimate of drug-likeness (QED) is 0.177.